The van der Waals surface area contributed by atoms with Gasteiger partial charge in [0.1, 0.15) is 0 Å². The first kappa shape index (κ1) is 26.3. The third kappa shape index (κ3) is 5.48. The lowest BCUT2D eigenvalue weighted by molar-refractivity contribution is -0.385. The van der Waals surface area contributed by atoms with E-state index in [2.05, 4.69) is 31.9 Å². The number of nitro groups is 1. The van der Waals surface area contributed by atoms with Crippen molar-refractivity contribution in [3.05, 3.63) is 95.8 Å². The average molecular weight is 660 g/mol. The molecule has 0 spiro atoms. The molecule has 3 aromatic carbocycles. The fourth-order valence-corrected chi connectivity index (χ4v) is 5.89. The van der Waals surface area contributed by atoms with Gasteiger partial charge in [0.15, 0.2) is 10.1 Å². The molecule has 1 aliphatic heterocycles. The zero-order valence-electron chi connectivity index (χ0n) is 17.6. The number of para-hydroxylation sites is 1. The molecule has 36 heavy (non-hydrogen) atoms. The third-order valence-electron chi connectivity index (χ3n) is 4.82. The summed E-state index contributed by atoms with van der Waals surface area (Å²) in [6.07, 6.45) is -3.12. The molecule has 184 valence electrons. The molecule has 1 fully saturated rings. The van der Waals surface area contributed by atoms with Crippen molar-refractivity contribution in [2.24, 2.45) is 0 Å². The highest BCUT2D eigenvalue weighted by Gasteiger charge is 2.34. The number of halogens is 5. The molecule has 3 aromatic rings. The Morgan fingerprint density at radius 1 is 1.06 bits per heavy atom. The van der Waals surface area contributed by atoms with Crippen LogP contribution in [0.25, 0.3) is 6.08 Å². The van der Waals surface area contributed by atoms with Gasteiger partial charge in [0.2, 0.25) is 5.75 Å². The molecule has 0 aliphatic carbocycles. The van der Waals surface area contributed by atoms with Crippen LogP contribution in [0.1, 0.15) is 11.1 Å². The topological polar surface area (TPSA) is 72.7 Å². The van der Waals surface area contributed by atoms with Gasteiger partial charge in [-0.3, -0.25) is 19.8 Å². The maximum atomic E-state index is 13.0. The van der Waals surface area contributed by atoms with Gasteiger partial charge in [-0.2, -0.15) is 13.2 Å². The second kappa shape index (κ2) is 10.3. The standard InChI is InChI=1S/C23H11Br2F3N2O4S2/c24-15-8-12(10-19-21(31)29(22(35)36-19)14-4-2-1-3-5-14)9-16(25)20(15)34-18-7-6-13(23(26,27)28)11-17(18)30(32)33/h1-11H. The van der Waals surface area contributed by atoms with E-state index in [1.54, 1.807) is 42.5 Å². The van der Waals surface area contributed by atoms with E-state index < -0.39 is 22.4 Å². The number of thioether (sulfide) groups is 1. The molecule has 0 radical (unpaired) electrons. The van der Waals surface area contributed by atoms with Crippen molar-refractivity contribution in [2.45, 2.75) is 6.18 Å². The summed E-state index contributed by atoms with van der Waals surface area (Å²) < 4.78 is 45.6. The summed E-state index contributed by atoms with van der Waals surface area (Å²) in [6, 6.07) is 14.2. The Morgan fingerprint density at radius 2 is 1.69 bits per heavy atom. The number of nitro benzene ring substituents is 1. The minimum atomic E-state index is -4.74. The summed E-state index contributed by atoms with van der Waals surface area (Å²) >= 11 is 13.2. The molecule has 0 aromatic heterocycles. The fourth-order valence-electron chi connectivity index (χ4n) is 3.21. The summed E-state index contributed by atoms with van der Waals surface area (Å²) in [5, 5.41) is 11.4. The molecule has 0 bridgehead atoms. The number of amides is 1. The highest BCUT2D eigenvalue weighted by Crippen LogP contribution is 2.43. The SMILES string of the molecule is O=C1C(=Cc2cc(Br)c(Oc3ccc(C(F)(F)F)cc3[N+](=O)[O-])c(Br)c2)SC(=S)N1c1ccccc1. The van der Waals surface area contributed by atoms with E-state index in [1.807, 2.05) is 6.07 Å². The van der Waals surface area contributed by atoms with Crippen LogP contribution in [-0.4, -0.2) is 15.2 Å². The molecule has 0 saturated carbocycles. The normalized spacial score (nSPS) is 15.0. The predicted molar refractivity (Wildman–Crippen MR) is 142 cm³/mol. The Labute approximate surface area is 228 Å². The number of alkyl halides is 3. The molecule has 1 saturated heterocycles. The van der Waals surface area contributed by atoms with Gasteiger partial charge in [0.25, 0.3) is 5.91 Å². The van der Waals surface area contributed by atoms with Crippen molar-refractivity contribution in [3.8, 4) is 11.5 Å². The summed E-state index contributed by atoms with van der Waals surface area (Å²) in [4.78, 5) is 25.2. The summed E-state index contributed by atoms with van der Waals surface area (Å²) in [5.41, 5.74) is -0.774. The maximum Gasteiger partial charge on any atom is 0.416 e. The lowest BCUT2D eigenvalue weighted by Gasteiger charge is -2.14. The van der Waals surface area contributed by atoms with Crippen molar-refractivity contribution in [3.63, 3.8) is 0 Å². The number of nitrogens with zero attached hydrogens (tertiary/aromatic N) is 2. The monoisotopic (exact) mass is 658 g/mol. The lowest BCUT2D eigenvalue weighted by atomic mass is 10.1. The van der Waals surface area contributed by atoms with Crippen LogP contribution in [0.15, 0.2) is 74.5 Å². The number of ether oxygens (including phenoxy) is 1. The van der Waals surface area contributed by atoms with E-state index in [1.165, 1.54) is 4.90 Å². The highest BCUT2D eigenvalue weighted by molar-refractivity contribution is 9.11. The second-order valence-corrected chi connectivity index (χ2v) is 10.6. The zero-order chi connectivity index (χ0) is 26.2. The van der Waals surface area contributed by atoms with Gasteiger partial charge in [-0.05, 0) is 79.9 Å². The van der Waals surface area contributed by atoms with Crippen LogP contribution in [0.3, 0.4) is 0 Å². The van der Waals surface area contributed by atoms with E-state index in [-0.39, 0.29) is 17.4 Å². The van der Waals surface area contributed by atoms with Gasteiger partial charge < -0.3 is 4.74 Å². The lowest BCUT2D eigenvalue weighted by Crippen LogP contribution is -2.27. The van der Waals surface area contributed by atoms with Crippen LogP contribution in [0.4, 0.5) is 24.5 Å². The van der Waals surface area contributed by atoms with Crippen LogP contribution in [0.5, 0.6) is 11.5 Å². The molecule has 0 N–H and O–H groups in total. The Bertz CT molecular complexity index is 1410. The van der Waals surface area contributed by atoms with E-state index in [9.17, 15) is 28.1 Å². The molecule has 0 atom stereocenters. The third-order valence-corrected chi connectivity index (χ3v) is 7.30. The average Bonchev–Trinajstić information content (AvgIpc) is 3.08. The number of anilines is 1. The smallest absolute Gasteiger partial charge is 0.416 e. The van der Waals surface area contributed by atoms with E-state index in [0.29, 0.717) is 41.6 Å². The van der Waals surface area contributed by atoms with Crippen molar-refractivity contribution >= 4 is 83.5 Å². The van der Waals surface area contributed by atoms with Gasteiger partial charge >= 0.3 is 11.9 Å². The Kier molecular flexibility index (Phi) is 7.55. The van der Waals surface area contributed by atoms with E-state index in [4.69, 9.17) is 17.0 Å². The molecule has 4 rings (SSSR count). The largest absolute Gasteiger partial charge is 0.448 e. The number of benzene rings is 3. The molecular formula is C23H11Br2F3N2O4S2. The molecule has 1 aliphatic rings. The van der Waals surface area contributed by atoms with Crippen LogP contribution in [-0.2, 0) is 11.0 Å². The van der Waals surface area contributed by atoms with Crippen LogP contribution in [0.2, 0.25) is 0 Å². The first-order valence-electron chi connectivity index (χ1n) is 9.81. The maximum absolute atomic E-state index is 13.0. The molecule has 0 unspecified atom stereocenters. The van der Waals surface area contributed by atoms with Gasteiger partial charge in [0.05, 0.1) is 30.0 Å². The molecular weight excluding hydrogens is 649 g/mol. The first-order chi connectivity index (χ1) is 17.0. The summed E-state index contributed by atoms with van der Waals surface area (Å²) in [6.45, 7) is 0. The molecule has 13 heteroatoms. The zero-order valence-corrected chi connectivity index (χ0v) is 22.4. The van der Waals surface area contributed by atoms with Crippen molar-refractivity contribution in [1.82, 2.24) is 0 Å². The van der Waals surface area contributed by atoms with Crippen molar-refractivity contribution in [1.29, 1.82) is 0 Å². The number of thiocarbonyl (C=S) groups is 1. The predicted octanol–water partition coefficient (Wildman–Crippen LogP) is 8.34. The summed E-state index contributed by atoms with van der Waals surface area (Å²) in [5.74, 6) is -0.554. The molecule has 1 amide bonds. The number of hydrogen-bond donors (Lipinski definition) is 0. The number of carbonyl (C=O) groups excluding carboxylic acids is 1. The van der Waals surface area contributed by atoms with Crippen LogP contribution < -0.4 is 9.64 Å². The van der Waals surface area contributed by atoms with E-state index >= 15 is 0 Å². The summed E-state index contributed by atoms with van der Waals surface area (Å²) in [7, 11) is 0. The van der Waals surface area contributed by atoms with Gasteiger partial charge in [-0.1, -0.05) is 42.2 Å². The van der Waals surface area contributed by atoms with E-state index in [0.717, 1.165) is 17.8 Å². The number of rotatable bonds is 5. The Balaban J connectivity index is 1.64. The van der Waals surface area contributed by atoms with Crippen LogP contribution in [0, 0.1) is 10.1 Å². The van der Waals surface area contributed by atoms with Crippen molar-refractivity contribution < 1.29 is 27.6 Å². The second-order valence-electron chi connectivity index (χ2n) is 7.21. The number of carbonyl (C=O) groups is 1. The highest BCUT2D eigenvalue weighted by atomic mass is 79.9. The van der Waals surface area contributed by atoms with Crippen LogP contribution >= 0.6 is 55.8 Å². The Hall–Kier alpha value is -2.74. The van der Waals surface area contributed by atoms with Gasteiger partial charge in [-0.25, -0.2) is 0 Å². The molecule has 6 nitrogen and oxygen atoms in total. The van der Waals surface area contributed by atoms with Gasteiger partial charge in [-0.15, -0.1) is 0 Å². The van der Waals surface area contributed by atoms with Crippen molar-refractivity contribution in [2.75, 3.05) is 4.90 Å². The number of hydrogen-bond acceptors (Lipinski definition) is 6. The minimum Gasteiger partial charge on any atom is -0.448 e. The molecule has 1 heterocycles. The van der Waals surface area contributed by atoms with Gasteiger partial charge in [0, 0.05) is 6.07 Å². The quantitative estimate of drug-likeness (QED) is 0.119. The Morgan fingerprint density at radius 3 is 2.28 bits per heavy atom. The first-order valence-corrected chi connectivity index (χ1v) is 12.6. The fraction of sp³-hybridized carbons (Fsp3) is 0.0435. The minimum absolute atomic E-state index is 0.104.